The molecule has 0 saturated carbocycles. The molecule has 7 heteroatoms. The molecular weight excluding hydrogens is 461 g/mol. The van der Waals surface area contributed by atoms with Crippen molar-refractivity contribution in [2.75, 3.05) is 13.7 Å². The van der Waals surface area contributed by atoms with Crippen molar-refractivity contribution in [3.63, 3.8) is 0 Å². The van der Waals surface area contributed by atoms with E-state index in [1.807, 2.05) is 37.3 Å². The summed E-state index contributed by atoms with van der Waals surface area (Å²) >= 11 is 0. The number of hydrogen-bond acceptors (Lipinski definition) is 5. The van der Waals surface area contributed by atoms with Crippen LogP contribution in [0.2, 0.25) is 0 Å². The third-order valence-electron chi connectivity index (χ3n) is 6.18. The van der Waals surface area contributed by atoms with Crippen LogP contribution in [0.5, 0.6) is 11.5 Å². The molecule has 1 aliphatic rings. The first kappa shape index (κ1) is 25.0. The molecule has 36 heavy (non-hydrogen) atoms. The Kier molecular flexibility index (Phi) is 7.38. The lowest BCUT2D eigenvalue weighted by atomic mass is 9.94. The number of carbonyl (C=O) groups excluding carboxylic acids is 2. The number of nitrogens with zero attached hydrogens (tertiary/aromatic N) is 1. The number of methoxy groups -OCH3 is 1. The van der Waals surface area contributed by atoms with Gasteiger partial charge in [-0.1, -0.05) is 43.3 Å². The molecule has 1 aliphatic heterocycles. The van der Waals surface area contributed by atoms with Crippen molar-refractivity contribution < 1.29 is 28.6 Å². The van der Waals surface area contributed by atoms with Gasteiger partial charge in [0.25, 0.3) is 11.7 Å². The van der Waals surface area contributed by atoms with E-state index in [1.54, 1.807) is 25.1 Å². The third kappa shape index (κ3) is 4.82. The highest BCUT2D eigenvalue weighted by Crippen LogP contribution is 2.42. The van der Waals surface area contributed by atoms with Crippen LogP contribution in [0.1, 0.15) is 41.6 Å². The Hall–Kier alpha value is -4.13. The summed E-state index contributed by atoms with van der Waals surface area (Å²) in [6, 6.07) is 18.1. The molecule has 1 amide bonds. The van der Waals surface area contributed by atoms with Crippen LogP contribution in [0, 0.1) is 12.7 Å². The van der Waals surface area contributed by atoms with Gasteiger partial charge in [-0.3, -0.25) is 9.59 Å². The van der Waals surface area contributed by atoms with Gasteiger partial charge in [-0.15, -0.1) is 0 Å². The molecule has 1 N–H and O–H groups in total. The quantitative estimate of drug-likeness (QED) is 0.255. The van der Waals surface area contributed by atoms with Gasteiger partial charge in [0, 0.05) is 12.1 Å². The standard InChI is InChI=1S/C29H28FNO5/c1-4-14-31-26(25(28(33)29(31)34)27(32)21-10-12-22(30)18(2)15-21)20-11-13-23(24(16-20)35-3)36-17-19-8-6-5-7-9-19/h5-13,15-16,26,32H,4,14,17H2,1-3H3/b27-25-. The number of ether oxygens (including phenoxy) is 2. The zero-order valence-corrected chi connectivity index (χ0v) is 20.5. The molecule has 0 radical (unpaired) electrons. The Morgan fingerprint density at radius 1 is 1.03 bits per heavy atom. The molecule has 0 spiro atoms. The van der Waals surface area contributed by atoms with Gasteiger partial charge in [0.2, 0.25) is 0 Å². The van der Waals surface area contributed by atoms with E-state index in [4.69, 9.17) is 9.47 Å². The second-order valence-electron chi connectivity index (χ2n) is 8.64. The molecule has 1 atom stereocenters. The normalized spacial score (nSPS) is 16.9. The van der Waals surface area contributed by atoms with Crippen molar-refractivity contribution in [3.8, 4) is 11.5 Å². The van der Waals surface area contributed by atoms with Crippen LogP contribution in [-0.4, -0.2) is 35.4 Å². The lowest BCUT2D eigenvalue weighted by Crippen LogP contribution is -2.30. The van der Waals surface area contributed by atoms with E-state index in [0.717, 1.165) is 5.56 Å². The number of ketones is 1. The number of carbonyl (C=O) groups is 2. The van der Waals surface area contributed by atoms with Crippen LogP contribution >= 0.6 is 0 Å². The summed E-state index contributed by atoms with van der Waals surface area (Å²) in [7, 11) is 1.51. The fourth-order valence-corrected chi connectivity index (χ4v) is 4.35. The van der Waals surface area contributed by atoms with Crippen LogP contribution in [0.3, 0.4) is 0 Å². The van der Waals surface area contributed by atoms with Gasteiger partial charge in [-0.05, 0) is 60.4 Å². The number of aliphatic hydroxyl groups is 1. The van der Waals surface area contributed by atoms with Gasteiger partial charge in [0.05, 0.1) is 18.7 Å². The second kappa shape index (κ2) is 10.6. The molecule has 0 aliphatic carbocycles. The van der Waals surface area contributed by atoms with Crippen LogP contribution in [0.15, 0.2) is 72.3 Å². The minimum atomic E-state index is -0.826. The maximum Gasteiger partial charge on any atom is 0.295 e. The summed E-state index contributed by atoms with van der Waals surface area (Å²) in [5.74, 6) is -1.30. The van der Waals surface area contributed by atoms with E-state index >= 15 is 0 Å². The van der Waals surface area contributed by atoms with Gasteiger partial charge < -0.3 is 19.5 Å². The van der Waals surface area contributed by atoms with Crippen molar-refractivity contribution in [1.82, 2.24) is 4.90 Å². The number of benzene rings is 3. The summed E-state index contributed by atoms with van der Waals surface area (Å²) in [6.07, 6.45) is 0.620. The first-order valence-corrected chi connectivity index (χ1v) is 11.7. The predicted molar refractivity (Wildman–Crippen MR) is 134 cm³/mol. The van der Waals surface area contributed by atoms with E-state index in [2.05, 4.69) is 0 Å². The molecule has 3 aromatic carbocycles. The number of hydrogen-bond donors (Lipinski definition) is 1. The van der Waals surface area contributed by atoms with E-state index in [-0.39, 0.29) is 16.9 Å². The maximum atomic E-state index is 13.8. The van der Waals surface area contributed by atoms with Gasteiger partial charge >= 0.3 is 0 Å². The van der Waals surface area contributed by atoms with Gasteiger partial charge in [-0.2, -0.15) is 0 Å². The minimum Gasteiger partial charge on any atom is -0.507 e. The summed E-state index contributed by atoms with van der Waals surface area (Å²) in [5.41, 5.74) is 2.13. The molecule has 1 unspecified atom stereocenters. The molecule has 1 heterocycles. The fraction of sp³-hybridized carbons (Fsp3) is 0.241. The molecule has 4 rings (SSSR count). The SMILES string of the molecule is CCCN1C(=O)C(=O)/C(=C(\O)c2ccc(F)c(C)c2)C1c1ccc(OCc2ccccc2)c(OC)c1. The number of aliphatic hydroxyl groups excluding tert-OH is 1. The average molecular weight is 490 g/mol. The second-order valence-corrected chi connectivity index (χ2v) is 8.64. The third-order valence-corrected chi connectivity index (χ3v) is 6.18. The average Bonchev–Trinajstić information content (AvgIpc) is 3.14. The van der Waals surface area contributed by atoms with Crippen LogP contribution in [0.4, 0.5) is 4.39 Å². The minimum absolute atomic E-state index is 0.0422. The van der Waals surface area contributed by atoms with Crippen molar-refractivity contribution >= 4 is 17.4 Å². The van der Waals surface area contributed by atoms with Crippen molar-refractivity contribution in [3.05, 3.63) is 100 Å². The molecule has 3 aromatic rings. The summed E-state index contributed by atoms with van der Waals surface area (Å²) in [6.45, 7) is 4.14. The Morgan fingerprint density at radius 3 is 2.44 bits per heavy atom. The number of rotatable bonds is 8. The highest BCUT2D eigenvalue weighted by molar-refractivity contribution is 6.46. The number of likely N-dealkylation sites (tertiary alicyclic amines) is 1. The highest BCUT2D eigenvalue weighted by Gasteiger charge is 2.45. The molecule has 0 aromatic heterocycles. The number of aryl methyl sites for hydroxylation is 1. The Bertz CT molecular complexity index is 1320. The number of amides is 1. The smallest absolute Gasteiger partial charge is 0.295 e. The summed E-state index contributed by atoms with van der Waals surface area (Å²) in [4.78, 5) is 27.5. The molecule has 6 nitrogen and oxygen atoms in total. The van der Waals surface area contributed by atoms with Crippen molar-refractivity contribution in [2.45, 2.75) is 32.9 Å². The van der Waals surface area contributed by atoms with Crippen molar-refractivity contribution in [1.29, 1.82) is 0 Å². The molecule has 0 bridgehead atoms. The van der Waals surface area contributed by atoms with Crippen molar-refractivity contribution in [2.24, 2.45) is 0 Å². The first-order valence-electron chi connectivity index (χ1n) is 11.7. The van der Waals surface area contributed by atoms with Gasteiger partial charge in [-0.25, -0.2) is 4.39 Å². The monoisotopic (exact) mass is 489 g/mol. The molecular formula is C29H28FNO5. The van der Waals surface area contributed by atoms with E-state index < -0.39 is 23.5 Å². The van der Waals surface area contributed by atoms with Crippen LogP contribution in [0.25, 0.3) is 5.76 Å². The summed E-state index contributed by atoms with van der Waals surface area (Å²) in [5, 5.41) is 11.1. The predicted octanol–water partition coefficient (Wildman–Crippen LogP) is 5.55. The van der Waals surface area contributed by atoms with Crippen LogP contribution < -0.4 is 9.47 Å². The van der Waals surface area contributed by atoms with Gasteiger partial charge in [0.1, 0.15) is 18.2 Å². The van der Waals surface area contributed by atoms with E-state index in [1.165, 1.54) is 30.2 Å². The van der Waals surface area contributed by atoms with Gasteiger partial charge in [0.15, 0.2) is 11.5 Å². The molecule has 1 saturated heterocycles. The Labute approximate surface area is 209 Å². The first-order chi connectivity index (χ1) is 17.3. The maximum absolute atomic E-state index is 13.8. The number of halogens is 1. The number of Topliss-reactive ketones (excluding diaryl/α,β-unsaturated/α-hetero) is 1. The Balaban J connectivity index is 1.76. The topological polar surface area (TPSA) is 76.1 Å². The largest absolute Gasteiger partial charge is 0.507 e. The fourth-order valence-electron chi connectivity index (χ4n) is 4.35. The molecule has 1 fully saturated rings. The van der Waals surface area contributed by atoms with Crippen LogP contribution in [-0.2, 0) is 16.2 Å². The molecule has 186 valence electrons. The zero-order chi connectivity index (χ0) is 25.8. The zero-order valence-electron chi connectivity index (χ0n) is 20.5. The highest BCUT2D eigenvalue weighted by atomic mass is 19.1. The van der Waals surface area contributed by atoms with E-state index in [0.29, 0.717) is 42.2 Å². The Morgan fingerprint density at radius 2 is 1.78 bits per heavy atom. The van der Waals surface area contributed by atoms with E-state index in [9.17, 15) is 19.1 Å². The lowest BCUT2D eigenvalue weighted by molar-refractivity contribution is -0.139. The summed E-state index contributed by atoms with van der Waals surface area (Å²) < 4.78 is 25.3. The lowest BCUT2D eigenvalue weighted by Gasteiger charge is -2.25.